The van der Waals surface area contributed by atoms with Crippen molar-refractivity contribution >= 4 is 23.2 Å². The van der Waals surface area contributed by atoms with Crippen molar-refractivity contribution in [2.24, 2.45) is 0 Å². The third-order valence-corrected chi connectivity index (χ3v) is 5.05. The quantitative estimate of drug-likeness (QED) is 0.454. The zero-order valence-electron chi connectivity index (χ0n) is 17.4. The van der Waals surface area contributed by atoms with Crippen molar-refractivity contribution in [1.82, 2.24) is 14.8 Å². The van der Waals surface area contributed by atoms with Crippen LogP contribution in [0.2, 0.25) is 5.02 Å². The van der Waals surface area contributed by atoms with E-state index in [4.69, 9.17) is 16.3 Å². The normalized spacial score (nSPS) is 10.7. The van der Waals surface area contributed by atoms with E-state index in [0.717, 1.165) is 22.4 Å². The minimum absolute atomic E-state index is 0.0544. The van der Waals surface area contributed by atoms with Crippen LogP contribution in [0, 0.1) is 13.8 Å². The van der Waals surface area contributed by atoms with Gasteiger partial charge in [0.2, 0.25) is 5.82 Å². The molecule has 1 amide bonds. The lowest BCUT2D eigenvalue weighted by Gasteiger charge is -2.10. The Labute approximate surface area is 185 Å². The number of carbonyl (C=O) groups is 1. The van der Waals surface area contributed by atoms with E-state index in [1.54, 1.807) is 48.2 Å². The lowest BCUT2D eigenvalue weighted by Crippen LogP contribution is -2.14. The molecule has 0 bridgehead atoms. The summed E-state index contributed by atoms with van der Waals surface area (Å²) < 4.78 is 6.91. The predicted molar refractivity (Wildman–Crippen MR) is 122 cm³/mol. The van der Waals surface area contributed by atoms with Crippen LogP contribution in [-0.2, 0) is 0 Å². The fourth-order valence-electron chi connectivity index (χ4n) is 3.23. The van der Waals surface area contributed by atoms with Crippen LogP contribution in [-0.4, -0.2) is 27.8 Å². The third kappa shape index (κ3) is 4.44. The molecule has 0 unspecified atom stereocenters. The molecule has 3 aromatic carbocycles. The Kier molecular flexibility index (Phi) is 5.73. The van der Waals surface area contributed by atoms with Gasteiger partial charge in [-0.25, -0.2) is 9.67 Å². The van der Waals surface area contributed by atoms with Crippen molar-refractivity contribution in [1.29, 1.82) is 0 Å². The van der Waals surface area contributed by atoms with Gasteiger partial charge in [0, 0.05) is 22.3 Å². The number of nitrogens with one attached hydrogen (secondary N) is 1. The standard InChI is InChI=1S/C24H21ClN4O2/c1-15-10-11-16(2)21(12-15)29-23(17-6-4-7-18(25)13-17)27-22(28-29)24(30)26-19-8-5-9-20(14-19)31-3/h4-14H,1-3H3,(H,26,30). The lowest BCUT2D eigenvalue weighted by molar-refractivity contribution is 0.101. The van der Waals surface area contributed by atoms with Gasteiger partial charge in [-0.3, -0.25) is 4.79 Å². The molecular weight excluding hydrogens is 412 g/mol. The third-order valence-electron chi connectivity index (χ3n) is 4.81. The van der Waals surface area contributed by atoms with Gasteiger partial charge in [-0.2, -0.15) is 0 Å². The number of halogens is 1. The van der Waals surface area contributed by atoms with Gasteiger partial charge in [-0.15, -0.1) is 5.10 Å². The van der Waals surface area contributed by atoms with E-state index >= 15 is 0 Å². The molecule has 0 radical (unpaired) electrons. The Balaban J connectivity index is 1.79. The fraction of sp³-hybridized carbons (Fsp3) is 0.125. The molecule has 0 aliphatic rings. The van der Waals surface area contributed by atoms with Crippen molar-refractivity contribution in [2.75, 3.05) is 12.4 Å². The van der Waals surface area contributed by atoms with E-state index in [-0.39, 0.29) is 5.82 Å². The van der Waals surface area contributed by atoms with Gasteiger partial charge >= 0.3 is 0 Å². The summed E-state index contributed by atoms with van der Waals surface area (Å²) in [4.78, 5) is 17.5. The summed E-state index contributed by atoms with van der Waals surface area (Å²) in [5, 5.41) is 7.96. The van der Waals surface area contributed by atoms with E-state index in [9.17, 15) is 4.79 Å². The highest BCUT2D eigenvalue weighted by Gasteiger charge is 2.20. The van der Waals surface area contributed by atoms with Crippen LogP contribution in [0.25, 0.3) is 17.1 Å². The molecule has 0 atom stereocenters. The molecule has 0 aliphatic carbocycles. The summed E-state index contributed by atoms with van der Waals surface area (Å²) in [6.45, 7) is 4.00. The fourth-order valence-corrected chi connectivity index (χ4v) is 3.42. The highest BCUT2D eigenvalue weighted by atomic mass is 35.5. The van der Waals surface area contributed by atoms with Gasteiger partial charge in [-0.1, -0.05) is 41.9 Å². The maximum Gasteiger partial charge on any atom is 0.295 e. The van der Waals surface area contributed by atoms with Crippen molar-refractivity contribution in [2.45, 2.75) is 13.8 Å². The molecule has 1 heterocycles. The first-order valence-electron chi connectivity index (χ1n) is 9.70. The topological polar surface area (TPSA) is 69.0 Å². The van der Waals surface area contributed by atoms with Gasteiger partial charge in [0.25, 0.3) is 5.91 Å². The van der Waals surface area contributed by atoms with Crippen LogP contribution in [0.3, 0.4) is 0 Å². The van der Waals surface area contributed by atoms with Crippen LogP contribution in [0.1, 0.15) is 21.7 Å². The first kappa shape index (κ1) is 20.6. The zero-order valence-corrected chi connectivity index (χ0v) is 18.1. The number of hydrogen-bond donors (Lipinski definition) is 1. The number of aromatic nitrogens is 3. The monoisotopic (exact) mass is 432 g/mol. The molecule has 0 spiro atoms. The van der Waals surface area contributed by atoms with E-state index in [2.05, 4.69) is 15.4 Å². The van der Waals surface area contributed by atoms with E-state index < -0.39 is 5.91 Å². The number of ether oxygens (including phenoxy) is 1. The number of methoxy groups -OCH3 is 1. The molecule has 6 nitrogen and oxygen atoms in total. The molecule has 156 valence electrons. The van der Waals surface area contributed by atoms with E-state index in [1.165, 1.54) is 0 Å². The minimum Gasteiger partial charge on any atom is -0.497 e. The Morgan fingerprint density at radius 3 is 2.61 bits per heavy atom. The summed E-state index contributed by atoms with van der Waals surface area (Å²) in [7, 11) is 1.58. The number of amides is 1. The van der Waals surface area contributed by atoms with Crippen LogP contribution in [0.4, 0.5) is 5.69 Å². The number of aryl methyl sites for hydroxylation is 2. The average Bonchev–Trinajstić information content (AvgIpc) is 3.21. The van der Waals surface area contributed by atoms with Gasteiger partial charge in [0.05, 0.1) is 12.8 Å². The van der Waals surface area contributed by atoms with Crippen molar-refractivity contribution < 1.29 is 9.53 Å². The Morgan fingerprint density at radius 2 is 1.84 bits per heavy atom. The molecule has 1 aromatic heterocycles. The molecule has 31 heavy (non-hydrogen) atoms. The Hall–Kier alpha value is -3.64. The number of carbonyl (C=O) groups excluding carboxylic acids is 1. The minimum atomic E-state index is -0.416. The second kappa shape index (κ2) is 8.62. The number of nitrogens with zero attached hydrogens (tertiary/aromatic N) is 3. The number of anilines is 1. The second-order valence-corrected chi connectivity index (χ2v) is 7.59. The molecule has 0 saturated heterocycles. The van der Waals surface area contributed by atoms with Gasteiger partial charge in [0.15, 0.2) is 5.82 Å². The Bertz CT molecular complexity index is 1270. The van der Waals surface area contributed by atoms with Crippen LogP contribution < -0.4 is 10.1 Å². The van der Waals surface area contributed by atoms with Gasteiger partial charge < -0.3 is 10.1 Å². The zero-order chi connectivity index (χ0) is 22.0. The predicted octanol–water partition coefficient (Wildman–Crippen LogP) is 5.47. The van der Waals surface area contributed by atoms with Gasteiger partial charge in [-0.05, 0) is 55.3 Å². The molecule has 0 fully saturated rings. The lowest BCUT2D eigenvalue weighted by atomic mass is 10.1. The largest absolute Gasteiger partial charge is 0.497 e. The molecule has 4 rings (SSSR count). The summed E-state index contributed by atoms with van der Waals surface area (Å²) in [5.41, 5.74) is 4.30. The maximum absolute atomic E-state index is 12.9. The summed E-state index contributed by atoms with van der Waals surface area (Å²) in [5.74, 6) is 0.817. The SMILES string of the molecule is COc1cccc(NC(=O)c2nc(-c3cccc(Cl)c3)n(-c3cc(C)ccc3C)n2)c1. The summed E-state index contributed by atoms with van der Waals surface area (Å²) >= 11 is 6.21. The van der Waals surface area contributed by atoms with Crippen molar-refractivity contribution in [3.63, 3.8) is 0 Å². The number of hydrogen-bond acceptors (Lipinski definition) is 4. The molecule has 0 aliphatic heterocycles. The smallest absolute Gasteiger partial charge is 0.295 e. The molecule has 1 N–H and O–H groups in total. The summed E-state index contributed by atoms with van der Waals surface area (Å²) in [6.07, 6.45) is 0. The highest BCUT2D eigenvalue weighted by molar-refractivity contribution is 6.30. The summed E-state index contributed by atoms with van der Waals surface area (Å²) in [6, 6.07) is 20.5. The second-order valence-electron chi connectivity index (χ2n) is 7.16. The van der Waals surface area contributed by atoms with Crippen molar-refractivity contribution in [3.05, 3.63) is 88.7 Å². The molecule has 7 heteroatoms. The molecule has 4 aromatic rings. The average molecular weight is 433 g/mol. The maximum atomic E-state index is 12.9. The first-order valence-corrected chi connectivity index (χ1v) is 10.1. The molecule has 0 saturated carbocycles. The van der Waals surface area contributed by atoms with E-state index in [1.807, 2.05) is 44.2 Å². The number of benzene rings is 3. The highest BCUT2D eigenvalue weighted by Crippen LogP contribution is 2.26. The van der Waals surface area contributed by atoms with Crippen LogP contribution in [0.15, 0.2) is 66.7 Å². The van der Waals surface area contributed by atoms with Crippen LogP contribution in [0.5, 0.6) is 5.75 Å². The van der Waals surface area contributed by atoms with Gasteiger partial charge in [0.1, 0.15) is 5.75 Å². The Morgan fingerprint density at radius 1 is 1.03 bits per heavy atom. The number of rotatable bonds is 5. The van der Waals surface area contributed by atoms with E-state index in [0.29, 0.717) is 22.3 Å². The molecular formula is C24H21ClN4O2. The van der Waals surface area contributed by atoms with Crippen LogP contribution >= 0.6 is 11.6 Å². The first-order chi connectivity index (χ1) is 14.9. The van der Waals surface area contributed by atoms with Crippen molar-refractivity contribution in [3.8, 4) is 22.8 Å².